The fourth-order valence-electron chi connectivity index (χ4n) is 3.64. The van der Waals surface area contributed by atoms with E-state index in [0.29, 0.717) is 24.1 Å². The number of hydrogen-bond acceptors (Lipinski definition) is 4. The molecule has 150 valence electrons. The number of ether oxygens (including phenoxy) is 2. The topological polar surface area (TPSA) is 50.8 Å². The second kappa shape index (κ2) is 10.1. The van der Waals surface area contributed by atoms with Crippen LogP contribution in [0, 0.1) is 6.92 Å². The van der Waals surface area contributed by atoms with Crippen molar-refractivity contribution in [3.05, 3.63) is 59.7 Å². The molecule has 5 heteroatoms. The highest BCUT2D eigenvalue weighted by atomic mass is 16.5. The summed E-state index contributed by atoms with van der Waals surface area (Å²) in [7, 11) is 1.60. The number of nitrogens with one attached hydrogen (secondary N) is 1. The van der Waals surface area contributed by atoms with Gasteiger partial charge < -0.3 is 14.8 Å². The molecule has 1 atom stereocenters. The van der Waals surface area contributed by atoms with E-state index in [1.54, 1.807) is 7.11 Å². The summed E-state index contributed by atoms with van der Waals surface area (Å²) in [5, 5.41) is 3.04. The van der Waals surface area contributed by atoms with Gasteiger partial charge in [0, 0.05) is 19.1 Å². The summed E-state index contributed by atoms with van der Waals surface area (Å²) in [6.07, 6.45) is 3.54. The number of carbonyl (C=O) groups is 1. The summed E-state index contributed by atoms with van der Waals surface area (Å²) in [4.78, 5) is 14.8. The Kier molecular flexibility index (Phi) is 7.31. The number of rotatable bonds is 8. The van der Waals surface area contributed by atoms with Gasteiger partial charge in [-0.25, -0.2) is 0 Å². The van der Waals surface area contributed by atoms with E-state index >= 15 is 0 Å². The molecule has 0 saturated carbocycles. The summed E-state index contributed by atoms with van der Waals surface area (Å²) in [5.74, 6) is 1.13. The molecule has 1 aliphatic heterocycles. The van der Waals surface area contributed by atoms with Gasteiger partial charge in [-0.15, -0.1) is 0 Å². The molecule has 28 heavy (non-hydrogen) atoms. The van der Waals surface area contributed by atoms with Gasteiger partial charge in [-0.05, 0) is 49.6 Å². The maximum atomic E-state index is 12.3. The number of benzene rings is 2. The lowest BCUT2D eigenvalue weighted by molar-refractivity contribution is -0.123. The quantitative estimate of drug-likeness (QED) is 0.759. The van der Waals surface area contributed by atoms with Gasteiger partial charge in [0.15, 0.2) is 18.1 Å². The molecule has 3 rings (SSSR count). The van der Waals surface area contributed by atoms with Crippen LogP contribution in [0.15, 0.2) is 48.5 Å². The lowest BCUT2D eigenvalue weighted by Crippen LogP contribution is -2.47. The standard InChI is InChI=1S/C23H30N2O3/c1-18-11-12-21(22(14-18)27-2)28-17-23(26)24-15-20-10-6-7-13-25(20)16-19-8-4-3-5-9-19/h3-5,8-9,11-12,14,20H,6-7,10,13,15-17H2,1-2H3,(H,24,26). The number of hydrogen-bond donors (Lipinski definition) is 1. The molecule has 0 bridgehead atoms. The molecule has 1 saturated heterocycles. The fourth-order valence-corrected chi connectivity index (χ4v) is 3.64. The lowest BCUT2D eigenvalue weighted by Gasteiger charge is -2.35. The van der Waals surface area contributed by atoms with Crippen LogP contribution in [0.3, 0.4) is 0 Å². The largest absolute Gasteiger partial charge is 0.493 e. The number of piperidine rings is 1. The van der Waals surface area contributed by atoms with Crippen LogP contribution in [-0.2, 0) is 11.3 Å². The number of aryl methyl sites for hydroxylation is 1. The minimum absolute atomic E-state index is 0.00910. The van der Waals surface area contributed by atoms with E-state index in [1.807, 2.05) is 31.2 Å². The van der Waals surface area contributed by atoms with Gasteiger partial charge in [-0.2, -0.15) is 0 Å². The summed E-state index contributed by atoms with van der Waals surface area (Å²) in [5.41, 5.74) is 2.40. The smallest absolute Gasteiger partial charge is 0.257 e. The van der Waals surface area contributed by atoms with E-state index in [0.717, 1.165) is 25.1 Å². The molecule has 1 amide bonds. The minimum Gasteiger partial charge on any atom is -0.493 e. The second-order valence-electron chi connectivity index (χ2n) is 7.35. The van der Waals surface area contributed by atoms with Crippen LogP contribution in [0.1, 0.15) is 30.4 Å². The normalized spacial score (nSPS) is 17.1. The first kappa shape index (κ1) is 20.2. The Morgan fingerprint density at radius 3 is 2.75 bits per heavy atom. The molecular weight excluding hydrogens is 352 g/mol. The van der Waals surface area contributed by atoms with E-state index in [1.165, 1.54) is 18.4 Å². The Hall–Kier alpha value is -2.53. The average molecular weight is 383 g/mol. The van der Waals surface area contributed by atoms with Crippen molar-refractivity contribution in [1.82, 2.24) is 10.2 Å². The third kappa shape index (κ3) is 5.73. The first-order chi connectivity index (χ1) is 13.7. The Bertz CT molecular complexity index is 764. The number of amides is 1. The van der Waals surface area contributed by atoms with Gasteiger partial charge >= 0.3 is 0 Å². The van der Waals surface area contributed by atoms with Crippen molar-refractivity contribution >= 4 is 5.91 Å². The van der Waals surface area contributed by atoms with Crippen molar-refractivity contribution in [1.29, 1.82) is 0 Å². The summed E-state index contributed by atoms with van der Waals surface area (Å²) in [6, 6.07) is 16.6. The number of carbonyl (C=O) groups excluding carboxylic acids is 1. The van der Waals surface area contributed by atoms with Crippen molar-refractivity contribution in [2.24, 2.45) is 0 Å². The van der Waals surface area contributed by atoms with Crippen LogP contribution < -0.4 is 14.8 Å². The summed E-state index contributed by atoms with van der Waals surface area (Å²) >= 11 is 0. The van der Waals surface area contributed by atoms with E-state index in [2.05, 4.69) is 34.5 Å². The zero-order chi connectivity index (χ0) is 19.8. The van der Waals surface area contributed by atoms with Crippen LogP contribution in [-0.4, -0.2) is 43.7 Å². The molecule has 1 fully saturated rings. The van der Waals surface area contributed by atoms with Gasteiger partial charge in [-0.1, -0.05) is 42.8 Å². The molecule has 1 aliphatic rings. The molecule has 0 spiro atoms. The highest BCUT2D eigenvalue weighted by molar-refractivity contribution is 5.77. The highest BCUT2D eigenvalue weighted by Crippen LogP contribution is 2.27. The molecule has 5 nitrogen and oxygen atoms in total. The minimum atomic E-state index is -0.104. The van der Waals surface area contributed by atoms with Crippen LogP contribution in [0.5, 0.6) is 11.5 Å². The Labute approximate surface area is 167 Å². The number of likely N-dealkylation sites (tertiary alicyclic amines) is 1. The fraction of sp³-hybridized carbons (Fsp3) is 0.435. The monoisotopic (exact) mass is 382 g/mol. The Balaban J connectivity index is 1.48. The average Bonchev–Trinajstić information content (AvgIpc) is 2.73. The number of nitrogens with zero attached hydrogens (tertiary/aromatic N) is 1. The molecular formula is C23H30N2O3. The molecule has 1 heterocycles. The molecule has 0 radical (unpaired) electrons. The predicted octanol–water partition coefficient (Wildman–Crippen LogP) is 3.55. The molecule has 0 aliphatic carbocycles. The molecule has 1 N–H and O–H groups in total. The zero-order valence-electron chi connectivity index (χ0n) is 16.8. The van der Waals surface area contributed by atoms with Crippen LogP contribution >= 0.6 is 0 Å². The Morgan fingerprint density at radius 1 is 1.14 bits per heavy atom. The molecule has 0 aromatic heterocycles. The SMILES string of the molecule is COc1cc(C)ccc1OCC(=O)NCC1CCCCN1Cc1ccccc1. The second-order valence-corrected chi connectivity index (χ2v) is 7.35. The van der Waals surface area contributed by atoms with Gasteiger partial charge in [-0.3, -0.25) is 9.69 Å². The van der Waals surface area contributed by atoms with Crippen LogP contribution in [0.25, 0.3) is 0 Å². The first-order valence-electron chi connectivity index (χ1n) is 9.98. The molecule has 1 unspecified atom stereocenters. The maximum absolute atomic E-state index is 12.3. The first-order valence-corrected chi connectivity index (χ1v) is 9.98. The van der Waals surface area contributed by atoms with Crippen molar-refractivity contribution in [3.8, 4) is 11.5 Å². The lowest BCUT2D eigenvalue weighted by atomic mass is 10.0. The van der Waals surface area contributed by atoms with Gasteiger partial charge in [0.25, 0.3) is 5.91 Å². The summed E-state index contributed by atoms with van der Waals surface area (Å²) < 4.78 is 11.0. The van der Waals surface area contributed by atoms with E-state index < -0.39 is 0 Å². The van der Waals surface area contributed by atoms with Crippen molar-refractivity contribution in [2.75, 3.05) is 26.8 Å². The van der Waals surface area contributed by atoms with Gasteiger partial charge in [0.2, 0.25) is 0 Å². The number of methoxy groups -OCH3 is 1. The summed E-state index contributed by atoms with van der Waals surface area (Å²) in [6.45, 7) is 4.64. The van der Waals surface area contributed by atoms with E-state index in [9.17, 15) is 4.79 Å². The third-order valence-corrected chi connectivity index (χ3v) is 5.19. The maximum Gasteiger partial charge on any atom is 0.257 e. The predicted molar refractivity (Wildman–Crippen MR) is 111 cm³/mol. The van der Waals surface area contributed by atoms with E-state index in [4.69, 9.17) is 9.47 Å². The van der Waals surface area contributed by atoms with Crippen molar-refractivity contribution in [3.63, 3.8) is 0 Å². The van der Waals surface area contributed by atoms with Gasteiger partial charge in [0.05, 0.1) is 7.11 Å². The van der Waals surface area contributed by atoms with Gasteiger partial charge in [0.1, 0.15) is 0 Å². The van der Waals surface area contributed by atoms with Crippen LogP contribution in [0.4, 0.5) is 0 Å². The molecule has 2 aromatic carbocycles. The van der Waals surface area contributed by atoms with Crippen LogP contribution in [0.2, 0.25) is 0 Å². The Morgan fingerprint density at radius 2 is 1.96 bits per heavy atom. The van der Waals surface area contributed by atoms with Crippen molar-refractivity contribution < 1.29 is 14.3 Å². The highest BCUT2D eigenvalue weighted by Gasteiger charge is 2.23. The van der Waals surface area contributed by atoms with Crippen molar-refractivity contribution in [2.45, 2.75) is 38.8 Å². The van der Waals surface area contributed by atoms with E-state index in [-0.39, 0.29) is 12.5 Å². The zero-order valence-corrected chi connectivity index (χ0v) is 16.8. The third-order valence-electron chi connectivity index (χ3n) is 5.19. The molecule has 2 aromatic rings.